The molecule has 1 saturated carbocycles. The van der Waals surface area contributed by atoms with E-state index in [4.69, 9.17) is 4.74 Å². The minimum atomic E-state index is -1.53. The number of ether oxygens (including phenoxy) is 2. The van der Waals surface area contributed by atoms with Gasteiger partial charge in [-0.05, 0) is 32.3 Å². The first-order chi connectivity index (χ1) is 12.3. The van der Waals surface area contributed by atoms with Gasteiger partial charge in [-0.1, -0.05) is 6.92 Å². The lowest BCUT2D eigenvalue weighted by atomic mass is 10.0. The number of hydrogen-bond acceptors (Lipinski definition) is 5. The van der Waals surface area contributed by atoms with Gasteiger partial charge in [-0.2, -0.15) is 4.39 Å². The first kappa shape index (κ1) is 19.8. The highest BCUT2D eigenvalue weighted by molar-refractivity contribution is 6.24. The Morgan fingerprint density at radius 1 is 1.27 bits per heavy atom. The molecule has 0 atom stereocenters. The SMILES string of the molecule is CCOC(=O)C(C(CC)=NC1CC1)=C(O)c1cc(F)c(F)c(OC)c1F. The van der Waals surface area contributed by atoms with Crippen LogP contribution in [-0.4, -0.2) is 36.5 Å². The zero-order chi connectivity index (χ0) is 19.4. The van der Waals surface area contributed by atoms with E-state index in [1.54, 1.807) is 13.8 Å². The molecule has 0 heterocycles. The molecule has 2 rings (SSSR count). The molecular weight excluding hydrogens is 351 g/mol. The lowest BCUT2D eigenvalue weighted by molar-refractivity contribution is -0.137. The molecule has 1 aliphatic rings. The summed E-state index contributed by atoms with van der Waals surface area (Å²) in [5.74, 6) is -7.07. The number of nitrogens with zero attached hydrogens (tertiary/aromatic N) is 1. The molecule has 0 amide bonds. The van der Waals surface area contributed by atoms with Gasteiger partial charge in [-0.15, -0.1) is 0 Å². The van der Waals surface area contributed by atoms with Gasteiger partial charge in [-0.25, -0.2) is 13.6 Å². The Bertz CT molecular complexity index is 770. The van der Waals surface area contributed by atoms with Crippen LogP contribution in [0, 0.1) is 17.5 Å². The molecule has 1 aromatic rings. The molecule has 0 radical (unpaired) electrons. The highest BCUT2D eigenvalue weighted by atomic mass is 19.2. The molecule has 0 saturated heterocycles. The first-order valence-electron chi connectivity index (χ1n) is 8.24. The van der Waals surface area contributed by atoms with Gasteiger partial charge in [0.2, 0.25) is 5.82 Å². The number of carbonyl (C=O) groups excluding carboxylic acids is 1. The molecule has 8 heteroatoms. The summed E-state index contributed by atoms with van der Waals surface area (Å²) in [6, 6.07) is 0.484. The predicted octanol–water partition coefficient (Wildman–Crippen LogP) is 3.96. The minimum absolute atomic E-state index is 0.0135. The smallest absolute Gasteiger partial charge is 0.343 e. The van der Waals surface area contributed by atoms with Crippen LogP contribution in [0.1, 0.15) is 38.7 Å². The van der Waals surface area contributed by atoms with Crippen LogP contribution in [-0.2, 0) is 9.53 Å². The third kappa shape index (κ3) is 4.00. The van der Waals surface area contributed by atoms with Crippen molar-refractivity contribution in [2.45, 2.75) is 39.2 Å². The number of aliphatic hydroxyl groups is 1. The van der Waals surface area contributed by atoms with Gasteiger partial charge in [0, 0.05) is 0 Å². The van der Waals surface area contributed by atoms with E-state index >= 15 is 0 Å². The van der Waals surface area contributed by atoms with Gasteiger partial charge < -0.3 is 14.6 Å². The van der Waals surface area contributed by atoms with E-state index in [-0.39, 0.29) is 30.4 Å². The Balaban J connectivity index is 2.69. The van der Waals surface area contributed by atoms with Gasteiger partial charge >= 0.3 is 5.97 Å². The first-order valence-corrected chi connectivity index (χ1v) is 8.24. The van der Waals surface area contributed by atoms with Crippen LogP contribution >= 0.6 is 0 Å². The lowest BCUT2D eigenvalue weighted by Crippen LogP contribution is -2.19. The summed E-state index contributed by atoms with van der Waals surface area (Å²) in [5.41, 5.74) is -0.861. The third-order valence-corrected chi connectivity index (χ3v) is 3.80. The summed E-state index contributed by atoms with van der Waals surface area (Å²) in [6.45, 7) is 3.28. The number of methoxy groups -OCH3 is 1. The van der Waals surface area contributed by atoms with Crippen molar-refractivity contribution in [3.63, 3.8) is 0 Å². The van der Waals surface area contributed by atoms with E-state index in [2.05, 4.69) is 9.73 Å². The van der Waals surface area contributed by atoms with Gasteiger partial charge in [0.25, 0.3) is 0 Å². The second-order valence-corrected chi connectivity index (χ2v) is 5.67. The lowest BCUT2D eigenvalue weighted by Gasteiger charge is -2.14. The molecule has 1 N–H and O–H groups in total. The quantitative estimate of drug-likeness (QED) is 0.259. The number of benzene rings is 1. The van der Waals surface area contributed by atoms with Gasteiger partial charge in [0.15, 0.2) is 17.4 Å². The van der Waals surface area contributed by atoms with E-state index in [9.17, 15) is 23.1 Å². The maximum absolute atomic E-state index is 14.5. The highest BCUT2D eigenvalue weighted by Gasteiger charge is 2.30. The Morgan fingerprint density at radius 2 is 1.92 bits per heavy atom. The largest absolute Gasteiger partial charge is 0.506 e. The summed E-state index contributed by atoms with van der Waals surface area (Å²) in [4.78, 5) is 16.7. The van der Waals surface area contributed by atoms with Crippen molar-refractivity contribution < 1.29 is 32.5 Å². The van der Waals surface area contributed by atoms with Gasteiger partial charge in [0.1, 0.15) is 11.3 Å². The van der Waals surface area contributed by atoms with Crippen LogP contribution in [0.3, 0.4) is 0 Å². The van der Waals surface area contributed by atoms with Crippen molar-refractivity contribution in [3.05, 3.63) is 34.7 Å². The monoisotopic (exact) mass is 371 g/mol. The number of esters is 1. The second-order valence-electron chi connectivity index (χ2n) is 5.67. The standard InChI is InChI=1S/C18H20F3NO4/c1-4-12(22-9-6-7-9)13(18(24)26-5-2)16(23)10-8-11(19)15(21)17(25-3)14(10)20/h8-9,23H,4-7H2,1-3H3. The van der Waals surface area contributed by atoms with Crippen molar-refractivity contribution in [2.75, 3.05) is 13.7 Å². The fourth-order valence-electron chi connectivity index (χ4n) is 2.38. The highest BCUT2D eigenvalue weighted by Crippen LogP contribution is 2.33. The van der Waals surface area contributed by atoms with Crippen molar-refractivity contribution in [3.8, 4) is 5.75 Å². The number of halogens is 3. The van der Waals surface area contributed by atoms with Crippen LogP contribution in [0.4, 0.5) is 13.2 Å². The van der Waals surface area contributed by atoms with Crippen molar-refractivity contribution in [1.82, 2.24) is 0 Å². The zero-order valence-corrected chi connectivity index (χ0v) is 14.7. The Morgan fingerprint density at radius 3 is 2.42 bits per heavy atom. The van der Waals surface area contributed by atoms with Crippen LogP contribution in [0.2, 0.25) is 0 Å². The fraction of sp³-hybridized carbons (Fsp3) is 0.444. The zero-order valence-electron chi connectivity index (χ0n) is 14.7. The maximum atomic E-state index is 14.5. The Kier molecular flexibility index (Phi) is 6.28. The van der Waals surface area contributed by atoms with Crippen molar-refractivity contribution >= 4 is 17.4 Å². The topological polar surface area (TPSA) is 68.1 Å². The third-order valence-electron chi connectivity index (χ3n) is 3.80. The summed E-state index contributed by atoms with van der Waals surface area (Å²) < 4.78 is 51.4. The van der Waals surface area contributed by atoms with Gasteiger partial charge in [0.05, 0.1) is 31.0 Å². The van der Waals surface area contributed by atoms with Crippen LogP contribution < -0.4 is 4.74 Å². The van der Waals surface area contributed by atoms with E-state index in [0.717, 1.165) is 20.0 Å². The van der Waals surface area contributed by atoms with Crippen molar-refractivity contribution in [2.24, 2.45) is 4.99 Å². The second kappa shape index (κ2) is 8.25. The number of rotatable bonds is 7. The van der Waals surface area contributed by atoms with E-state index in [1.165, 1.54) is 0 Å². The molecule has 26 heavy (non-hydrogen) atoms. The molecule has 1 fully saturated rings. The van der Waals surface area contributed by atoms with Gasteiger partial charge in [-0.3, -0.25) is 4.99 Å². The molecule has 142 valence electrons. The maximum Gasteiger partial charge on any atom is 0.343 e. The molecular formula is C18H20F3NO4. The van der Waals surface area contributed by atoms with E-state index < -0.39 is 40.5 Å². The van der Waals surface area contributed by atoms with Crippen LogP contribution in [0.25, 0.3) is 5.76 Å². The Labute approximate surface area is 149 Å². The molecule has 0 aromatic heterocycles. The van der Waals surface area contributed by atoms with Crippen LogP contribution in [0.5, 0.6) is 5.75 Å². The normalized spacial score (nSPS) is 15.5. The fourth-order valence-corrected chi connectivity index (χ4v) is 2.38. The molecule has 5 nitrogen and oxygen atoms in total. The number of hydrogen-bond donors (Lipinski definition) is 1. The summed E-state index contributed by atoms with van der Waals surface area (Å²) in [7, 11) is 0.962. The van der Waals surface area contributed by atoms with E-state index in [1.807, 2.05) is 0 Å². The molecule has 1 aliphatic carbocycles. The van der Waals surface area contributed by atoms with Crippen molar-refractivity contribution in [1.29, 1.82) is 0 Å². The van der Waals surface area contributed by atoms with Crippen LogP contribution in [0.15, 0.2) is 16.6 Å². The number of carbonyl (C=O) groups is 1. The molecule has 0 spiro atoms. The summed E-state index contributed by atoms with van der Waals surface area (Å²) in [6.07, 6.45) is 1.94. The summed E-state index contributed by atoms with van der Waals surface area (Å²) in [5, 5.41) is 10.5. The average Bonchev–Trinajstić information content (AvgIpc) is 3.42. The minimum Gasteiger partial charge on any atom is -0.506 e. The average molecular weight is 371 g/mol. The molecule has 0 unspecified atom stereocenters. The number of aliphatic hydroxyl groups excluding tert-OH is 1. The Hall–Kier alpha value is -2.51. The summed E-state index contributed by atoms with van der Waals surface area (Å²) >= 11 is 0. The predicted molar refractivity (Wildman–Crippen MR) is 89.8 cm³/mol. The molecule has 1 aromatic carbocycles. The molecule has 0 bridgehead atoms. The molecule has 0 aliphatic heterocycles. The van der Waals surface area contributed by atoms with E-state index in [0.29, 0.717) is 6.07 Å². The number of aliphatic imine (C=N–C) groups is 1.